The van der Waals surface area contributed by atoms with Crippen molar-refractivity contribution >= 4 is 40.7 Å². The summed E-state index contributed by atoms with van der Waals surface area (Å²) in [5, 5.41) is 12.8. The summed E-state index contributed by atoms with van der Waals surface area (Å²) in [5.41, 5.74) is 1.22. The van der Waals surface area contributed by atoms with Gasteiger partial charge in [0.05, 0.1) is 23.7 Å². The number of amides is 2. The van der Waals surface area contributed by atoms with Crippen molar-refractivity contribution in [1.29, 1.82) is 0 Å². The minimum Gasteiger partial charge on any atom is -0.508 e. The molecule has 2 aromatic rings. The van der Waals surface area contributed by atoms with Gasteiger partial charge >= 0.3 is 0 Å². The second-order valence-corrected chi connectivity index (χ2v) is 6.67. The van der Waals surface area contributed by atoms with Crippen LogP contribution in [0.2, 0.25) is 10.0 Å². The highest BCUT2D eigenvalue weighted by Crippen LogP contribution is 2.25. The highest BCUT2D eigenvalue weighted by atomic mass is 35.5. The van der Waals surface area contributed by atoms with Crippen molar-refractivity contribution in [2.24, 2.45) is 0 Å². The lowest BCUT2D eigenvalue weighted by atomic mass is 10.1. The van der Waals surface area contributed by atoms with Crippen LogP contribution in [0.3, 0.4) is 0 Å². The number of nitrogens with one attached hydrogen (secondary N) is 1. The van der Waals surface area contributed by atoms with Crippen LogP contribution in [0.15, 0.2) is 42.5 Å². The lowest BCUT2D eigenvalue weighted by Crippen LogP contribution is -2.39. The van der Waals surface area contributed by atoms with E-state index < -0.39 is 0 Å². The third kappa shape index (κ3) is 5.93. The number of aromatic hydroxyl groups is 1. The van der Waals surface area contributed by atoms with Crippen molar-refractivity contribution in [2.75, 3.05) is 18.4 Å². The molecule has 7 heteroatoms. The summed E-state index contributed by atoms with van der Waals surface area (Å²) in [4.78, 5) is 26.3. The lowest BCUT2D eigenvalue weighted by molar-refractivity contribution is -0.134. The standard InChI is InChI=1S/C19H20Cl2N2O3/c1-2-9-23(19(26)10-13-3-6-15(24)7-4-13)12-18(25)22-17-8-5-14(20)11-16(17)21/h3-8,11,24H,2,9-10,12H2,1H3,(H,22,25). The molecule has 26 heavy (non-hydrogen) atoms. The number of benzene rings is 2. The van der Waals surface area contributed by atoms with E-state index in [0.29, 0.717) is 22.3 Å². The zero-order valence-electron chi connectivity index (χ0n) is 14.3. The highest BCUT2D eigenvalue weighted by molar-refractivity contribution is 6.36. The van der Waals surface area contributed by atoms with Crippen LogP contribution >= 0.6 is 23.2 Å². The Hall–Kier alpha value is -2.24. The van der Waals surface area contributed by atoms with E-state index >= 15 is 0 Å². The number of rotatable bonds is 7. The molecule has 0 saturated carbocycles. The van der Waals surface area contributed by atoms with E-state index in [1.165, 1.54) is 17.0 Å². The average Bonchev–Trinajstić information content (AvgIpc) is 2.59. The highest BCUT2D eigenvalue weighted by Gasteiger charge is 2.17. The molecule has 0 atom stereocenters. The number of phenols is 1. The van der Waals surface area contributed by atoms with Crippen LogP contribution in [0.1, 0.15) is 18.9 Å². The largest absolute Gasteiger partial charge is 0.508 e. The fraction of sp³-hybridized carbons (Fsp3) is 0.263. The van der Waals surface area contributed by atoms with Gasteiger partial charge in [-0.05, 0) is 42.3 Å². The number of phenolic OH excluding ortho intramolecular Hbond substituents is 1. The van der Waals surface area contributed by atoms with Gasteiger partial charge in [-0.1, -0.05) is 42.3 Å². The number of halogens is 2. The quantitative estimate of drug-likeness (QED) is 0.741. The number of nitrogens with zero attached hydrogens (tertiary/aromatic N) is 1. The van der Waals surface area contributed by atoms with Crippen molar-refractivity contribution in [3.8, 4) is 5.75 Å². The normalized spacial score (nSPS) is 10.4. The maximum absolute atomic E-state index is 12.5. The first-order chi connectivity index (χ1) is 12.4. The van der Waals surface area contributed by atoms with Gasteiger partial charge in [0.1, 0.15) is 5.75 Å². The summed E-state index contributed by atoms with van der Waals surface area (Å²) < 4.78 is 0. The van der Waals surface area contributed by atoms with E-state index in [2.05, 4.69) is 5.32 Å². The van der Waals surface area contributed by atoms with Gasteiger partial charge in [0, 0.05) is 11.6 Å². The Morgan fingerprint density at radius 1 is 1.12 bits per heavy atom. The molecule has 138 valence electrons. The first-order valence-electron chi connectivity index (χ1n) is 8.19. The first kappa shape index (κ1) is 20.1. The van der Waals surface area contributed by atoms with Gasteiger partial charge in [0.2, 0.25) is 11.8 Å². The van der Waals surface area contributed by atoms with Gasteiger partial charge in [-0.2, -0.15) is 0 Å². The van der Waals surface area contributed by atoms with E-state index in [9.17, 15) is 14.7 Å². The SMILES string of the molecule is CCCN(CC(=O)Nc1ccc(Cl)cc1Cl)C(=O)Cc1ccc(O)cc1. The van der Waals surface area contributed by atoms with Crippen LogP contribution in [-0.2, 0) is 16.0 Å². The van der Waals surface area contributed by atoms with E-state index in [-0.39, 0.29) is 30.5 Å². The number of anilines is 1. The van der Waals surface area contributed by atoms with Crippen LogP contribution in [0, 0.1) is 0 Å². The zero-order valence-corrected chi connectivity index (χ0v) is 15.8. The Labute approximate surface area is 162 Å². The maximum atomic E-state index is 12.5. The fourth-order valence-electron chi connectivity index (χ4n) is 2.42. The van der Waals surface area contributed by atoms with Gasteiger partial charge < -0.3 is 15.3 Å². The van der Waals surface area contributed by atoms with Gasteiger partial charge in [-0.3, -0.25) is 9.59 Å². The number of carbonyl (C=O) groups excluding carboxylic acids is 2. The monoisotopic (exact) mass is 394 g/mol. The second kappa shape index (κ2) is 9.46. The summed E-state index contributed by atoms with van der Waals surface area (Å²) in [6.07, 6.45) is 0.894. The van der Waals surface area contributed by atoms with Gasteiger partial charge in [0.15, 0.2) is 0 Å². The molecule has 0 fully saturated rings. The molecule has 0 aliphatic rings. The molecule has 0 bridgehead atoms. The minimum atomic E-state index is -0.332. The van der Waals surface area contributed by atoms with Crippen LogP contribution < -0.4 is 5.32 Å². The van der Waals surface area contributed by atoms with Crippen molar-refractivity contribution in [3.63, 3.8) is 0 Å². The van der Waals surface area contributed by atoms with Gasteiger partial charge in [-0.15, -0.1) is 0 Å². The third-order valence-corrected chi connectivity index (χ3v) is 4.23. The summed E-state index contributed by atoms with van der Waals surface area (Å²) in [6, 6.07) is 11.2. The molecule has 0 aliphatic carbocycles. The smallest absolute Gasteiger partial charge is 0.244 e. The van der Waals surface area contributed by atoms with Crippen LogP contribution in [0.5, 0.6) is 5.75 Å². The summed E-state index contributed by atoms with van der Waals surface area (Å²) in [6.45, 7) is 2.34. The molecule has 2 rings (SSSR count). The molecule has 0 aliphatic heterocycles. The summed E-state index contributed by atoms with van der Waals surface area (Å²) in [7, 11) is 0. The minimum absolute atomic E-state index is 0.0658. The van der Waals surface area contributed by atoms with Crippen molar-refractivity contribution in [1.82, 2.24) is 4.90 Å². The summed E-state index contributed by atoms with van der Waals surface area (Å²) >= 11 is 11.9. The van der Waals surface area contributed by atoms with E-state index in [4.69, 9.17) is 23.2 Å². The van der Waals surface area contributed by atoms with Gasteiger partial charge in [0.25, 0.3) is 0 Å². The Kier molecular flexibility index (Phi) is 7.30. The third-order valence-electron chi connectivity index (χ3n) is 3.68. The lowest BCUT2D eigenvalue weighted by Gasteiger charge is -2.22. The number of carbonyl (C=O) groups is 2. The van der Waals surface area contributed by atoms with Crippen molar-refractivity contribution < 1.29 is 14.7 Å². The van der Waals surface area contributed by atoms with E-state index in [0.717, 1.165) is 12.0 Å². The zero-order chi connectivity index (χ0) is 19.1. The van der Waals surface area contributed by atoms with Crippen molar-refractivity contribution in [2.45, 2.75) is 19.8 Å². The van der Waals surface area contributed by atoms with Crippen LogP contribution in [0.25, 0.3) is 0 Å². The van der Waals surface area contributed by atoms with Gasteiger partial charge in [-0.25, -0.2) is 0 Å². The van der Waals surface area contributed by atoms with E-state index in [1.54, 1.807) is 30.3 Å². The van der Waals surface area contributed by atoms with Crippen LogP contribution in [-0.4, -0.2) is 34.9 Å². The molecule has 2 N–H and O–H groups in total. The molecular weight excluding hydrogens is 375 g/mol. The predicted octanol–water partition coefficient (Wildman–Crippen LogP) is 4.12. The Bertz CT molecular complexity index is 779. The molecule has 0 aromatic heterocycles. The maximum Gasteiger partial charge on any atom is 0.244 e. The molecule has 2 aromatic carbocycles. The van der Waals surface area contributed by atoms with Crippen molar-refractivity contribution in [3.05, 3.63) is 58.1 Å². The number of hydrogen-bond donors (Lipinski definition) is 2. The molecule has 5 nitrogen and oxygen atoms in total. The second-order valence-electron chi connectivity index (χ2n) is 5.83. The average molecular weight is 395 g/mol. The van der Waals surface area contributed by atoms with E-state index in [1.807, 2.05) is 6.92 Å². The number of hydrogen-bond acceptors (Lipinski definition) is 3. The molecule has 0 radical (unpaired) electrons. The first-order valence-corrected chi connectivity index (χ1v) is 8.95. The Morgan fingerprint density at radius 3 is 2.42 bits per heavy atom. The molecular formula is C19H20Cl2N2O3. The fourth-order valence-corrected chi connectivity index (χ4v) is 2.87. The molecule has 0 unspecified atom stereocenters. The molecule has 0 heterocycles. The molecule has 0 spiro atoms. The molecule has 0 saturated heterocycles. The predicted molar refractivity (Wildman–Crippen MR) is 104 cm³/mol. The summed E-state index contributed by atoms with van der Waals surface area (Å²) in [5.74, 6) is -0.345. The van der Waals surface area contributed by atoms with Crippen LogP contribution in [0.4, 0.5) is 5.69 Å². The molecule has 2 amide bonds. The Morgan fingerprint density at radius 2 is 1.81 bits per heavy atom. The topological polar surface area (TPSA) is 69.6 Å². The Balaban J connectivity index is 2.00.